The molecule has 11 heteroatoms. The summed E-state index contributed by atoms with van der Waals surface area (Å²) in [7, 11) is 1.53. The number of carbonyl (C=O) groups excluding carboxylic acids is 2. The first kappa shape index (κ1) is 22.1. The lowest BCUT2D eigenvalue weighted by molar-refractivity contribution is 0.0962. The molecule has 0 spiro atoms. The van der Waals surface area contributed by atoms with Gasteiger partial charge < -0.3 is 19.3 Å². The van der Waals surface area contributed by atoms with Crippen LogP contribution in [0.5, 0.6) is 0 Å². The van der Waals surface area contributed by atoms with Crippen LogP contribution in [0, 0.1) is 17.5 Å². The fraction of sp³-hybridized carbons (Fsp3) is 0.0833. The van der Waals surface area contributed by atoms with E-state index in [-0.39, 0.29) is 28.9 Å². The van der Waals surface area contributed by atoms with Crippen LogP contribution >= 0.6 is 0 Å². The van der Waals surface area contributed by atoms with Crippen LogP contribution in [-0.4, -0.2) is 37.7 Å². The Morgan fingerprint density at radius 1 is 1.09 bits per heavy atom. The number of fused-ring (bicyclic) bond motifs is 2. The van der Waals surface area contributed by atoms with E-state index in [1.54, 1.807) is 28.9 Å². The zero-order chi connectivity index (χ0) is 24.9. The molecule has 4 heterocycles. The third kappa shape index (κ3) is 3.76. The Hall–Kier alpha value is -4.67. The molecule has 0 aliphatic heterocycles. The monoisotopic (exact) mass is 479 g/mol. The molecule has 0 aliphatic rings. The second-order valence-corrected chi connectivity index (χ2v) is 7.81. The Morgan fingerprint density at radius 2 is 1.83 bits per heavy atom. The fourth-order valence-corrected chi connectivity index (χ4v) is 3.94. The summed E-state index contributed by atoms with van der Waals surface area (Å²) >= 11 is 0. The number of ketones is 1. The molecule has 176 valence electrons. The molecule has 0 aliphatic carbocycles. The Balaban J connectivity index is 1.49. The highest BCUT2D eigenvalue weighted by molar-refractivity contribution is 6.16. The van der Waals surface area contributed by atoms with E-state index in [9.17, 15) is 27.6 Å². The first-order valence-corrected chi connectivity index (χ1v) is 10.4. The molecule has 0 saturated heterocycles. The number of aromatic amines is 1. The van der Waals surface area contributed by atoms with Gasteiger partial charge in [-0.15, -0.1) is 0 Å². The molecule has 8 nitrogen and oxygen atoms in total. The number of H-pyrrole nitrogens is 1. The van der Waals surface area contributed by atoms with Gasteiger partial charge in [0, 0.05) is 60.5 Å². The van der Waals surface area contributed by atoms with Crippen molar-refractivity contribution < 1.29 is 22.8 Å². The normalized spacial score (nSPS) is 11.3. The number of halogens is 3. The van der Waals surface area contributed by atoms with E-state index in [2.05, 4.69) is 15.3 Å². The maximum atomic E-state index is 14.1. The van der Waals surface area contributed by atoms with Crippen LogP contribution in [0.1, 0.15) is 32.0 Å². The summed E-state index contributed by atoms with van der Waals surface area (Å²) < 4.78 is 44.5. The minimum absolute atomic E-state index is 0.0597. The molecule has 0 unspecified atom stereocenters. The number of amides is 1. The molecule has 5 rings (SSSR count). The number of carbonyl (C=O) groups is 2. The lowest BCUT2D eigenvalue weighted by atomic mass is 10.0. The van der Waals surface area contributed by atoms with Crippen molar-refractivity contribution >= 4 is 28.2 Å². The second kappa shape index (κ2) is 8.28. The fourth-order valence-electron chi connectivity index (χ4n) is 3.94. The van der Waals surface area contributed by atoms with E-state index < -0.39 is 34.4 Å². The third-order valence-corrected chi connectivity index (χ3v) is 5.63. The average Bonchev–Trinajstić information content (AvgIpc) is 3.43. The summed E-state index contributed by atoms with van der Waals surface area (Å²) in [5.41, 5.74) is 0.0491. The highest BCUT2D eigenvalue weighted by Gasteiger charge is 2.24. The molecular formula is C24H16F3N5O3. The van der Waals surface area contributed by atoms with Crippen LogP contribution < -0.4 is 10.9 Å². The average molecular weight is 479 g/mol. The van der Waals surface area contributed by atoms with Gasteiger partial charge in [-0.05, 0) is 18.2 Å². The van der Waals surface area contributed by atoms with Crippen LogP contribution in [0.2, 0.25) is 0 Å². The molecule has 2 N–H and O–H groups in total. The molecule has 0 bridgehead atoms. The number of rotatable bonds is 5. The lowest BCUT2D eigenvalue weighted by Crippen LogP contribution is -2.20. The number of pyridine rings is 2. The van der Waals surface area contributed by atoms with Crippen LogP contribution in [0.3, 0.4) is 0 Å². The van der Waals surface area contributed by atoms with Crippen molar-refractivity contribution in [2.75, 3.05) is 7.05 Å². The van der Waals surface area contributed by atoms with E-state index in [1.807, 2.05) is 0 Å². The Kier molecular flexibility index (Phi) is 5.24. The van der Waals surface area contributed by atoms with Gasteiger partial charge in [-0.1, -0.05) is 0 Å². The molecule has 35 heavy (non-hydrogen) atoms. The van der Waals surface area contributed by atoms with Gasteiger partial charge in [0.2, 0.25) is 5.78 Å². The first-order valence-electron chi connectivity index (χ1n) is 10.4. The maximum absolute atomic E-state index is 14.1. The van der Waals surface area contributed by atoms with Crippen molar-refractivity contribution in [3.05, 3.63) is 105 Å². The number of nitrogens with zero attached hydrogens (tertiary/aromatic N) is 3. The summed E-state index contributed by atoms with van der Waals surface area (Å²) in [5, 5.41) is 2.71. The zero-order valence-electron chi connectivity index (χ0n) is 18.1. The minimum Gasteiger partial charge on any atom is -0.356 e. The van der Waals surface area contributed by atoms with E-state index in [1.165, 1.54) is 30.1 Å². The van der Waals surface area contributed by atoms with Crippen molar-refractivity contribution in [1.82, 2.24) is 24.3 Å². The quantitative estimate of drug-likeness (QED) is 0.379. The highest BCUT2D eigenvalue weighted by atomic mass is 19.1. The topological polar surface area (TPSA) is 101 Å². The van der Waals surface area contributed by atoms with Gasteiger partial charge >= 0.3 is 0 Å². The van der Waals surface area contributed by atoms with Gasteiger partial charge in [0.25, 0.3) is 11.5 Å². The number of benzene rings is 1. The maximum Gasteiger partial charge on any atom is 0.275 e. The molecule has 1 aromatic carbocycles. The van der Waals surface area contributed by atoms with E-state index in [0.29, 0.717) is 29.0 Å². The molecule has 5 aromatic rings. The number of hydrogen-bond acceptors (Lipinski definition) is 4. The number of hydrogen-bond donors (Lipinski definition) is 2. The van der Waals surface area contributed by atoms with Gasteiger partial charge in [0.1, 0.15) is 28.6 Å². The van der Waals surface area contributed by atoms with Crippen LogP contribution in [0.15, 0.2) is 59.9 Å². The predicted molar refractivity (Wildman–Crippen MR) is 120 cm³/mol. The minimum atomic E-state index is -1.33. The van der Waals surface area contributed by atoms with E-state index in [0.717, 1.165) is 0 Å². The predicted octanol–water partition coefficient (Wildman–Crippen LogP) is 3.03. The number of nitrogens with one attached hydrogen (secondary N) is 2. The smallest absolute Gasteiger partial charge is 0.275 e. The van der Waals surface area contributed by atoms with Crippen LogP contribution in [0.4, 0.5) is 13.2 Å². The van der Waals surface area contributed by atoms with Gasteiger partial charge in [-0.2, -0.15) is 0 Å². The molecule has 0 atom stereocenters. The van der Waals surface area contributed by atoms with E-state index in [4.69, 9.17) is 0 Å². The molecule has 0 saturated carbocycles. The standard InChI is InChI=1S/C24H16F3N5O3/c1-28-23(34)12-2-4-31-10-14(30-19(31)6-12)11-32-5-3-15-16(9-29-21(15)24(32)35)22(33)20-17(26)7-13(25)8-18(20)27/h2-10,29H,11H2,1H3,(H,28,34). The molecule has 4 aromatic heterocycles. The van der Waals surface area contributed by atoms with Crippen molar-refractivity contribution in [2.45, 2.75) is 6.54 Å². The summed E-state index contributed by atoms with van der Waals surface area (Å²) in [5.74, 6) is -5.08. The van der Waals surface area contributed by atoms with Crippen molar-refractivity contribution in [3.63, 3.8) is 0 Å². The molecule has 1 amide bonds. The summed E-state index contributed by atoms with van der Waals surface area (Å²) in [6.07, 6.45) is 6.02. The summed E-state index contributed by atoms with van der Waals surface area (Å²) in [6, 6.07) is 5.57. The lowest BCUT2D eigenvalue weighted by Gasteiger charge is -2.05. The molecular weight excluding hydrogens is 463 g/mol. The SMILES string of the molecule is CNC(=O)c1ccn2cc(Cn3ccc4c(C(=O)c5c(F)cc(F)cc5F)c[nH]c4c3=O)nc2c1. The zero-order valence-corrected chi connectivity index (χ0v) is 18.1. The largest absolute Gasteiger partial charge is 0.356 e. The third-order valence-electron chi connectivity index (χ3n) is 5.63. The van der Waals surface area contributed by atoms with Crippen LogP contribution in [-0.2, 0) is 6.54 Å². The second-order valence-electron chi connectivity index (χ2n) is 7.81. The Labute approximate surface area is 194 Å². The number of imidazole rings is 1. The van der Waals surface area contributed by atoms with E-state index >= 15 is 0 Å². The first-order chi connectivity index (χ1) is 16.8. The Morgan fingerprint density at radius 3 is 2.54 bits per heavy atom. The van der Waals surface area contributed by atoms with Gasteiger partial charge in [-0.3, -0.25) is 14.4 Å². The summed E-state index contributed by atoms with van der Waals surface area (Å²) in [4.78, 5) is 44.8. The Bertz CT molecular complexity index is 1690. The van der Waals surface area contributed by atoms with Gasteiger partial charge in [0.05, 0.1) is 17.8 Å². The van der Waals surface area contributed by atoms with Gasteiger partial charge in [-0.25, -0.2) is 18.2 Å². The molecule has 0 fully saturated rings. The number of aromatic nitrogens is 4. The molecule has 0 radical (unpaired) electrons. The van der Waals surface area contributed by atoms with Crippen molar-refractivity contribution in [2.24, 2.45) is 0 Å². The van der Waals surface area contributed by atoms with Crippen molar-refractivity contribution in [3.8, 4) is 0 Å². The highest BCUT2D eigenvalue weighted by Crippen LogP contribution is 2.23. The summed E-state index contributed by atoms with van der Waals surface area (Å²) in [6.45, 7) is 0.0925. The van der Waals surface area contributed by atoms with Crippen molar-refractivity contribution in [1.29, 1.82) is 0 Å². The van der Waals surface area contributed by atoms with Gasteiger partial charge in [0.15, 0.2) is 0 Å². The van der Waals surface area contributed by atoms with Crippen LogP contribution in [0.25, 0.3) is 16.6 Å².